The third-order valence-electron chi connectivity index (χ3n) is 7.71. The summed E-state index contributed by atoms with van der Waals surface area (Å²) in [6.45, 7) is 9.00. The van der Waals surface area contributed by atoms with Crippen molar-refractivity contribution < 1.29 is 14.2 Å². The molecule has 0 N–H and O–H groups in total. The molecule has 3 heterocycles. The summed E-state index contributed by atoms with van der Waals surface area (Å²) < 4.78 is 21.2. The largest absolute Gasteiger partial charge is 0.493 e. The molecule has 4 aromatic rings. The van der Waals surface area contributed by atoms with E-state index in [1.807, 2.05) is 33.7 Å². The minimum Gasteiger partial charge on any atom is -0.493 e. The van der Waals surface area contributed by atoms with Crippen LogP contribution in [0.1, 0.15) is 32.1 Å². The summed E-state index contributed by atoms with van der Waals surface area (Å²) in [7, 11) is 2.07. The van der Waals surface area contributed by atoms with E-state index in [-0.39, 0.29) is 5.56 Å². The Morgan fingerprint density at radius 3 is 2.35 bits per heavy atom. The predicted molar refractivity (Wildman–Crippen MR) is 153 cm³/mol. The molecule has 0 atom stereocenters. The van der Waals surface area contributed by atoms with Gasteiger partial charge in [0.05, 0.1) is 25.1 Å². The van der Waals surface area contributed by atoms with E-state index in [9.17, 15) is 4.79 Å². The van der Waals surface area contributed by atoms with Crippen LogP contribution in [0.3, 0.4) is 0 Å². The maximum atomic E-state index is 14.1. The molecular formula is C29H39N3O4Si. The van der Waals surface area contributed by atoms with Crippen molar-refractivity contribution in [2.45, 2.75) is 71.1 Å². The highest BCUT2D eigenvalue weighted by Gasteiger charge is 2.22. The molecule has 198 valence electrons. The normalized spacial score (nSPS) is 15.2. The van der Waals surface area contributed by atoms with E-state index in [1.54, 1.807) is 14.2 Å². The molecule has 1 fully saturated rings. The molecule has 1 aliphatic rings. The number of rotatable bonds is 9. The summed E-state index contributed by atoms with van der Waals surface area (Å²) in [5.41, 5.74) is 1.80. The van der Waals surface area contributed by atoms with Gasteiger partial charge in [0.2, 0.25) is 0 Å². The topological polar surface area (TPSA) is 67.5 Å². The quantitative estimate of drug-likeness (QED) is 0.145. The smallest absolute Gasteiger partial charge is 0.259 e. The summed E-state index contributed by atoms with van der Waals surface area (Å²) in [4.78, 5) is 18.9. The molecule has 0 saturated heterocycles. The Balaban J connectivity index is 1.67. The highest BCUT2D eigenvalue weighted by atomic mass is 28.3. The fourth-order valence-corrected chi connectivity index (χ4v) is 6.34. The molecule has 0 spiro atoms. The van der Waals surface area contributed by atoms with Gasteiger partial charge in [0, 0.05) is 49.8 Å². The van der Waals surface area contributed by atoms with E-state index in [2.05, 4.69) is 25.7 Å². The monoisotopic (exact) mass is 521 g/mol. The number of aromatic nitrogens is 3. The SMILES string of the molecule is COc1cc2c(=O)n(CC3CCCCC3)c3c(cnc4c3ccn4COCC[Si](C)(C)C)c2cc1OC. The lowest BCUT2D eigenvalue weighted by Crippen LogP contribution is -2.26. The average Bonchev–Trinajstić information content (AvgIpc) is 3.31. The zero-order valence-electron chi connectivity index (χ0n) is 22.8. The standard InChI is InChI=1S/C29H39N3O4Si/c1-34-25-15-22-23(16-26(25)35-2)29(33)32(18-20-9-7-6-8-10-20)27-21-11-12-31(28(21)30-17-24(22)27)19-36-13-14-37(3,4)5/h11-12,15-17,20H,6-10,13-14,18-19H2,1-5H3. The molecule has 1 aliphatic carbocycles. The summed E-state index contributed by atoms with van der Waals surface area (Å²) in [5.74, 6) is 1.67. The third-order valence-corrected chi connectivity index (χ3v) is 9.42. The second kappa shape index (κ2) is 10.5. The molecule has 0 aliphatic heterocycles. The molecule has 1 aromatic carbocycles. The molecular weight excluding hydrogens is 482 g/mol. The Bertz CT molecular complexity index is 1480. The lowest BCUT2D eigenvalue weighted by Gasteiger charge is -2.24. The van der Waals surface area contributed by atoms with Gasteiger partial charge in [0.1, 0.15) is 12.4 Å². The van der Waals surface area contributed by atoms with E-state index in [1.165, 1.54) is 19.3 Å². The van der Waals surface area contributed by atoms with Gasteiger partial charge in [0.25, 0.3) is 5.56 Å². The number of methoxy groups -OCH3 is 2. The zero-order valence-corrected chi connectivity index (χ0v) is 23.8. The van der Waals surface area contributed by atoms with E-state index < -0.39 is 8.07 Å². The van der Waals surface area contributed by atoms with Crippen LogP contribution < -0.4 is 15.0 Å². The highest BCUT2D eigenvalue weighted by Crippen LogP contribution is 2.36. The number of ether oxygens (including phenoxy) is 3. The number of pyridine rings is 2. The van der Waals surface area contributed by atoms with Crippen molar-refractivity contribution in [3.8, 4) is 11.5 Å². The van der Waals surface area contributed by atoms with Crippen molar-refractivity contribution >= 4 is 40.8 Å². The van der Waals surface area contributed by atoms with Gasteiger partial charge in [-0.15, -0.1) is 0 Å². The maximum absolute atomic E-state index is 14.1. The van der Waals surface area contributed by atoms with Crippen molar-refractivity contribution in [2.75, 3.05) is 20.8 Å². The van der Waals surface area contributed by atoms with E-state index in [4.69, 9.17) is 19.2 Å². The first-order valence-electron chi connectivity index (χ1n) is 13.4. The lowest BCUT2D eigenvalue weighted by atomic mass is 9.89. The Kier molecular flexibility index (Phi) is 7.32. The lowest BCUT2D eigenvalue weighted by molar-refractivity contribution is 0.0899. The van der Waals surface area contributed by atoms with Crippen LogP contribution in [-0.4, -0.2) is 43.0 Å². The van der Waals surface area contributed by atoms with Crippen LogP contribution in [0.15, 0.2) is 35.4 Å². The van der Waals surface area contributed by atoms with Crippen LogP contribution >= 0.6 is 0 Å². The van der Waals surface area contributed by atoms with Gasteiger partial charge >= 0.3 is 0 Å². The number of fused-ring (bicyclic) bond motifs is 5. The van der Waals surface area contributed by atoms with E-state index in [0.717, 1.165) is 59.4 Å². The van der Waals surface area contributed by atoms with E-state index in [0.29, 0.717) is 29.5 Å². The Morgan fingerprint density at radius 1 is 0.973 bits per heavy atom. The predicted octanol–water partition coefficient (Wildman–Crippen LogP) is 6.41. The summed E-state index contributed by atoms with van der Waals surface area (Å²) >= 11 is 0. The van der Waals surface area contributed by atoms with Crippen LogP contribution in [0.2, 0.25) is 25.7 Å². The molecule has 0 radical (unpaired) electrons. The van der Waals surface area contributed by atoms with Crippen LogP contribution in [0.5, 0.6) is 11.5 Å². The van der Waals surface area contributed by atoms with Crippen molar-refractivity contribution in [3.05, 3.63) is 40.9 Å². The molecule has 1 saturated carbocycles. The Morgan fingerprint density at radius 2 is 1.68 bits per heavy atom. The van der Waals surface area contributed by atoms with E-state index >= 15 is 0 Å². The molecule has 0 bridgehead atoms. The van der Waals surface area contributed by atoms with Crippen molar-refractivity contribution in [2.24, 2.45) is 5.92 Å². The maximum Gasteiger partial charge on any atom is 0.259 e. The van der Waals surface area contributed by atoms with Crippen LogP contribution in [0.25, 0.3) is 32.7 Å². The van der Waals surface area contributed by atoms with Crippen molar-refractivity contribution in [3.63, 3.8) is 0 Å². The van der Waals surface area contributed by atoms with Gasteiger partial charge in [-0.1, -0.05) is 38.9 Å². The van der Waals surface area contributed by atoms with Crippen LogP contribution in [-0.2, 0) is 18.0 Å². The highest BCUT2D eigenvalue weighted by molar-refractivity contribution is 6.76. The molecule has 3 aromatic heterocycles. The number of hydrogen-bond acceptors (Lipinski definition) is 5. The zero-order chi connectivity index (χ0) is 26.2. The summed E-state index contributed by atoms with van der Waals surface area (Å²) in [6.07, 6.45) is 10.0. The number of nitrogens with zero attached hydrogens (tertiary/aromatic N) is 3. The van der Waals surface area contributed by atoms with Gasteiger partial charge < -0.3 is 23.3 Å². The third kappa shape index (κ3) is 5.14. The van der Waals surface area contributed by atoms with Crippen LogP contribution in [0, 0.1) is 5.92 Å². The molecule has 0 amide bonds. The second-order valence-corrected chi connectivity index (χ2v) is 17.2. The molecule has 0 unspecified atom stereocenters. The summed E-state index contributed by atoms with van der Waals surface area (Å²) in [5, 5.41) is 3.41. The van der Waals surface area contributed by atoms with Crippen LogP contribution in [0.4, 0.5) is 0 Å². The minimum atomic E-state index is -1.15. The first-order valence-corrected chi connectivity index (χ1v) is 17.2. The number of hydrogen-bond donors (Lipinski definition) is 0. The van der Waals surface area contributed by atoms with Gasteiger partial charge in [-0.25, -0.2) is 4.98 Å². The van der Waals surface area contributed by atoms with Gasteiger partial charge in [-0.3, -0.25) is 4.79 Å². The van der Waals surface area contributed by atoms with Crippen molar-refractivity contribution in [1.82, 2.24) is 14.1 Å². The summed E-state index contributed by atoms with van der Waals surface area (Å²) in [6, 6.07) is 6.93. The Labute approximate surface area is 219 Å². The molecule has 37 heavy (non-hydrogen) atoms. The molecule has 8 heteroatoms. The van der Waals surface area contributed by atoms with Gasteiger partial charge in [-0.2, -0.15) is 0 Å². The van der Waals surface area contributed by atoms with Gasteiger partial charge in [0.15, 0.2) is 11.5 Å². The molecule has 7 nitrogen and oxygen atoms in total. The Hall–Kier alpha value is -2.84. The van der Waals surface area contributed by atoms with Gasteiger partial charge in [-0.05, 0) is 43.0 Å². The van der Waals surface area contributed by atoms with Crippen molar-refractivity contribution in [1.29, 1.82) is 0 Å². The fraction of sp³-hybridized carbons (Fsp3) is 0.517. The fourth-order valence-electron chi connectivity index (χ4n) is 5.59. The first kappa shape index (κ1) is 25.8. The molecule has 5 rings (SSSR count). The average molecular weight is 522 g/mol. The first-order chi connectivity index (χ1) is 17.8. The number of benzene rings is 1. The minimum absolute atomic E-state index is 0.0145. The second-order valence-electron chi connectivity index (χ2n) is 11.6.